The number of rotatable bonds is 6. The maximum Gasteiger partial charge on any atom is 0.266 e. The van der Waals surface area contributed by atoms with Crippen molar-refractivity contribution in [1.29, 1.82) is 0 Å². The minimum atomic E-state index is -0.687. The molecule has 2 aromatic heterocycles. The van der Waals surface area contributed by atoms with Gasteiger partial charge >= 0.3 is 0 Å². The van der Waals surface area contributed by atoms with E-state index in [4.69, 9.17) is 28.6 Å². The van der Waals surface area contributed by atoms with E-state index in [9.17, 15) is 4.79 Å². The predicted molar refractivity (Wildman–Crippen MR) is 103 cm³/mol. The number of benzene rings is 1. The molecule has 0 spiro atoms. The summed E-state index contributed by atoms with van der Waals surface area (Å²) in [6, 6.07) is 6.90. The molecule has 3 rings (SSSR count). The van der Waals surface area contributed by atoms with Gasteiger partial charge in [0.25, 0.3) is 5.91 Å². The lowest BCUT2D eigenvalue weighted by Crippen LogP contribution is -2.30. The van der Waals surface area contributed by atoms with Crippen LogP contribution in [0.25, 0.3) is 0 Å². The van der Waals surface area contributed by atoms with Crippen molar-refractivity contribution < 1.29 is 9.53 Å². The topological polar surface area (TPSA) is 84.8 Å². The molecule has 0 radical (unpaired) electrons. The van der Waals surface area contributed by atoms with Crippen LogP contribution in [0, 0.1) is 4.77 Å². The first-order chi connectivity index (χ1) is 12.4. The second-order valence-electron chi connectivity index (χ2n) is 5.53. The quantitative estimate of drug-likeness (QED) is 0.608. The zero-order chi connectivity index (χ0) is 18.7. The molecule has 0 aliphatic rings. The Hall–Kier alpha value is -2.23. The Morgan fingerprint density at radius 1 is 1.54 bits per heavy atom. The molecular formula is C16H16ClN5O2S2. The van der Waals surface area contributed by atoms with Crippen LogP contribution in [0.1, 0.15) is 18.4 Å². The summed E-state index contributed by atoms with van der Waals surface area (Å²) in [6.07, 6.45) is -0.169. The molecular weight excluding hydrogens is 394 g/mol. The molecule has 0 aliphatic heterocycles. The van der Waals surface area contributed by atoms with Crippen molar-refractivity contribution >= 4 is 46.2 Å². The van der Waals surface area contributed by atoms with Crippen molar-refractivity contribution in [2.75, 3.05) is 5.32 Å². The number of amides is 1. The Labute approximate surface area is 164 Å². The molecule has 0 aliphatic carbocycles. The van der Waals surface area contributed by atoms with Gasteiger partial charge in [0, 0.05) is 17.5 Å². The van der Waals surface area contributed by atoms with Crippen molar-refractivity contribution in [1.82, 2.24) is 19.7 Å². The number of anilines is 1. The number of nitrogens with one attached hydrogen (secondary N) is 2. The number of thiazole rings is 1. The fourth-order valence-corrected chi connectivity index (χ4v) is 3.19. The molecule has 1 aromatic carbocycles. The lowest BCUT2D eigenvalue weighted by molar-refractivity contribution is -0.122. The fourth-order valence-electron chi connectivity index (χ4n) is 2.15. The molecule has 0 fully saturated rings. The Kier molecular flexibility index (Phi) is 5.70. The van der Waals surface area contributed by atoms with Crippen molar-refractivity contribution in [2.45, 2.75) is 19.4 Å². The van der Waals surface area contributed by atoms with Gasteiger partial charge in [-0.3, -0.25) is 15.2 Å². The van der Waals surface area contributed by atoms with Crippen LogP contribution in [0.4, 0.5) is 5.13 Å². The summed E-state index contributed by atoms with van der Waals surface area (Å²) in [5.41, 5.74) is 0.797. The summed E-state index contributed by atoms with van der Waals surface area (Å²) < 4.78 is 7.94. The van der Waals surface area contributed by atoms with Gasteiger partial charge in [-0.1, -0.05) is 17.7 Å². The average Bonchev–Trinajstić information content (AvgIpc) is 3.16. The molecule has 0 saturated carbocycles. The highest BCUT2D eigenvalue weighted by Crippen LogP contribution is 2.20. The maximum atomic E-state index is 12.3. The zero-order valence-electron chi connectivity index (χ0n) is 14.0. The van der Waals surface area contributed by atoms with E-state index in [2.05, 4.69) is 20.5 Å². The first-order valence-corrected chi connectivity index (χ1v) is 9.36. The van der Waals surface area contributed by atoms with Crippen LogP contribution < -0.4 is 10.1 Å². The highest BCUT2D eigenvalue weighted by Gasteiger charge is 2.17. The molecule has 10 heteroatoms. The summed E-state index contributed by atoms with van der Waals surface area (Å²) in [5.74, 6) is 1.02. The highest BCUT2D eigenvalue weighted by molar-refractivity contribution is 7.71. The number of halogens is 1. The van der Waals surface area contributed by atoms with Crippen LogP contribution in [0.3, 0.4) is 0 Å². The van der Waals surface area contributed by atoms with Crippen LogP contribution in [0.15, 0.2) is 29.6 Å². The second-order valence-corrected chi connectivity index (χ2v) is 7.21. The molecule has 2 N–H and O–H groups in total. The number of nitrogens with zero attached hydrogens (tertiary/aromatic N) is 3. The van der Waals surface area contributed by atoms with Gasteiger partial charge in [-0.05, 0) is 37.3 Å². The number of H-pyrrole nitrogens is 1. The van der Waals surface area contributed by atoms with Gasteiger partial charge in [-0.25, -0.2) is 4.98 Å². The molecule has 136 valence electrons. The van der Waals surface area contributed by atoms with Gasteiger partial charge in [0.2, 0.25) is 0 Å². The van der Waals surface area contributed by atoms with Crippen LogP contribution in [0.2, 0.25) is 5.02 Å². The van der Waals surface area contributed by atoms with E-state index in [0.717, 1.165) is 11.5 Å². The summed E-state index contributed by atoms with van der Waals surface area (Å²) >= 11 is 12.3. The predicted octanol–water partition coefficient (Wildman–Crippen LogP) is 3.58. The van der Waals surface area contributed by atoms with Crippen molar-refractivity contribution in [3.05, 3.63) is 51.0 Å². The molecule has 1 unspecified atom stereocenters. The monoisotopic (exact) mass is 409 g/mol. The Bertz CT molecular complexity index is 981. The summed E-state index contributed by atoms with van der Waals surface area (Å²) in [7, 11) is 1.84. The van der Waals surface area contributed by atoms with Gasteiger partial charge in [-0.15, -0.1) is 11.3 Å². The molecule has 3 aromatic rings. The minimum absolute atomic E-state index is 0.288. The van der Waals surface area contributed by atoms with Gasteiger partial charge in [0.05, 0.1) is 12.1 Å². The van der Waals surface area contributed by atoms with Crippen molar-refractivity contribution in [3.63, 3.8) is 0 Å². The second kappa shape index (κ2) is 7.98. The Morgan fingerprint density at radius 3 is 3.04 bits per heavy atom. The molecule has 26 heavy (non-hydrogen) atoms. The summed E-state index contributed by atoms with van der Waals surface area (Å²) in [5, 5.41) is 12.6. The van der Waals surface area contributed by atoms with Crippen LogP contribution in [0.5, 0.6) is 5.75 Å². The third kappa shape index (κ3) is 4.48. The average molecular weight is 410 g/mol. The smallest absolute Gasteiger partial charge is 0.266 e. The van der Waals surface area contributed by atoms with Crippen molar-refractivity contribution in [2.24, 2.45) is 7.05 Å². The van der Waals surface area contributed by atoms with Gasteiger partial charge < -0.3 is 9.30 Å². The summed E-state index contributed by atoms with van der Waals surface area (Å²) in [6.45, 7) is 1.67. The van der Waals surface area contributed by atoms with E-state index in [0.29, 0.717) is 27.1 Å². The van der Waals surface area contributed by atoms with Gasteiger partial charge in [0.1, 0.15) is 11.6 Å². The number of hydrogen-bond donors (Lipinski definition) is 2. The van der Waals surface area contributed by atoms with E-state index in [1.54, 1.807) is 35.8 Å². The maximum absolute atomic E-state index is 12.3. The van der Waals surface area contributed by atoms with Crippen LogP contribution in [-0.4, -0.2) is 31.8 Å². The number of hydrogen-bond acceptors (Lipinski definition) is 6. The van der Waals surface area contributed by atoms with Crippen LogP contribution >= 0.6 is 35.2 Å². The number of carbonyl (C=O) groups is 1. The first kappa shape index (κ1) is 18.6. The largest absolute Gasteiger partial charge is 0.481 e. The van der Waals surface area contributed by atoms with E-state index in [1.807, 2.05) is 12.4 Å². The molecule has 0 bridgehead atoms. The van der Waals surface area contributed by atoms with Gasteiger partial charge in [0.15, 0.2) is 16.0 Å². The highest BCUT2D eigenvalue weighted by atomic mass is 35.5. The van der Waals surface area contributed by atoms with E-state index in [-0.39, 0.29) is 5.91 Å². The first-order valence-electron chi connectivity index (χ1n) is 7.70. The van der Waals surface area contributed by atoms with Crippen LogP contribution in [-0.2, 0) is 18.3 Å². The van der Waals surface area contributed by atoms with E-state index >= 15 is 0 Å². The summed E-state index contributed by atoms with van der Waals surface area (Å²) in [4.78, 5) is 16.7. The lowest BCUT2D eigenvalue weighted by Gasteiger charge is -2.13. The Balaban J connectivity index is 1.60. The SMILES string of the molecule is CC(Oc1cccc(Cl)c1)C(=O)Nc1nc(Cc2n[nH]c(=S)n2C)cs1. The molecule has 1 amide bonds. The molecule has 0 saturated heterocycles. The number of aromatic nitrogens is 4. The standard InChI is InChI=1S/C16H16ClN5O2S2/c1-9(24-12-5-3-4-10(17)6-12)14(23)19-15-18-11(8-26-15)7-13-20-21-16(25)22(13)2/h3-6,8-9H,7H2,1-2H3,(H,21,25)(H,18,19,23). The number of aromatic amines is 1. The third-order valence-corrected chi connectivity index (χ3v) is 4.98. The van der Waals surface area contributed by atoms with Gasteiger partial charge in [-0.2, -0.15) is 5.10 Å². The van der Waals surface area contributed by atoms with Crippen molar-refractivity contribution in [3.8, 4) is 5.75 Å². The van der Waals surface area contributed by atoms with E-state index < -0.39 is 6.10 Å². The normalized spacial score (nSPS) is 12.0. The lowest BCUT2D eigenvalue weighted by atomic mass is 10.3. The fraction of sp³-hybridized carbons (Fsp3) is 0.250. The number of carbonyl (C=O) groups excluding carboxylic acids is 1. The minimum Gasteiger partial charge on any atom is -0.481 e. The molecule has 7 nitrogen and oxygen atoms in total. The van der Waals surface area contributed by atoms with E-state index in [1.165, 1.54) is 11.3 Å². The Morgan fingerprint density at radius 2 is 2.35 bits per heavy atom. The number of ether oxygens (including phenoxy) is 1. The molecule has 2 heterocycles. The molecule has 1 atom stereocenters. The third-order valence-electron chi connectivity index (χ3n) is 3.57. The zero-order valence-corrected chi connectivity index (χ0v) is 16.4.